The van der Waals surface area contributed by atoms with Crippen LogP contribution in [0, 0.1) is 6.92 Å². The van der Waals surface area contributed by atoms with Crippen molar-refractivity contribution in [1.82, 2.24) is 20.5 Å². The van der Waals surface area contributed by atoms with Crippen molar-refractivity contribution in [2.45, 2.75) is 19.6 Å². The van der Waals surface area contributed by atoms with Gasteiger partial charge in [0.15, 0.2) is 0 Å². The lowest BCUT2D eigenvalue weighted by molar-refractivity contribution is 0.00465. The van der Waals surface area contributed by atoms with E-state index < -0.39 is 6.10 Å². The molecule has 1 fully saturated rings. The van der Waals surface area contributed by atoms with Gasteiger partial charge in [-0.2, -0.15) is 0 Å². The van der Waals surface area contributed by atoms with Gasteiger partial charge >= 0.3 is 0 Å². The Morgan fingerprint density at radius 2 is 2.11 bits per heavy atom. The molecule has 3 rings (SSSR count). The first-order chi connectivity index (χ1) is 13.7. The van der Waals surface area contributed by atoms with E-state index in [-0.39, 0.29) is 6.61 Å². The fourth-order valence-corrected chi connectivity index (χ4v) is 2.88. The Labute approximate surface area is 164 Å². The Bertz CT molecular complexity index is 705. The molecule has 1 aliphatic heterocycles. The maximum Gasteiger partial charge on any atom is 0.278 e. The smallest absolute Gasteiger partial charge is 0.278 e. The van der Waals surface area contributed by atoms with Crippen LogP contribution in [-0.2, 0) is 11.3 Å². The number of hydrogen-bond donors (Lipinski definition) is 2. The molecule has 2 aromatic rings. The molecule has 0 saturated carbocycles. The minimum Gasteiger partial charge on any atom is -0.491 e. The van der Waals surface area contributed by atoms with E-state index in [4.69, 9.17) is 14.2 Å². The standard InChI is InChI=1S/C19H28N4O5/c1-15-19(22-28-21-15)26-8-5-20-12-16-3-2-4-18(11-16)27-14-17(24)13-23-6-9-25-10-7-23/h2-4,11,17,20,24H,5-10,12-14H2,1H3. The molecule has 1 unspecified atom stereocenters. The molecule has 2 heterocycles. The molecule has 0 amide bonds. The largest absolute Gasteiger partial charge is 0.491 e. The van der Waals surface area contributed by atoms with Crippen molar-refractivity contribution < 1.29 is 23.9 Å². The van der Waals surface area contributed by atoms with Crippen LogP contribution in [0.5, 0.6) is 11.6 Å². The summed E-state index contributed by atoms with van der Waals surface area (Å²) in [5.41, 5.74) is 1.74. The van der Waals surface area contributed by atoms with Crippen molar-refractivity contribution in [1.29, 1.82) is 0 Å². The molecule has 1 aliphatic rings. The predicted octanol–water partition coefficient (Wildman–Crippen LogP) is 0.619. The van der Waals surface area contributed by atoms with Crippen LogP contribution >= 0.6 is 0 Å². The summed E-state index contributed by atoms with van der Waals surface area (Å²) in [5.74, 6) is 1.17. The number of nitrogens with one attached hydrogen (secondary N) is 1. The Kier molecular flexibility index (Phi) is 8.04. The van der Waals surface area contributed by atoms with E-state index in [2.05, 4.69) is 25.2 Å². The predicted molar refractivity (Wildman–Crippen MR) is 101 cm³/mol. The number of nitrogens with zero attached hydrogens (tertiary/aromatic N) is 3. The highest BCUT2D eigenvalue weighted by atomic mass is 16.6. The van der Waals surface area contributed by atoms with Crippen molar-refractivity contribution >= 4 is 0 Å². The minimum absolute atomic E-state index is 0.271. The Morgan fingerprint density at radius 1 is 1.25 bits per heavy atom. The van der Waals surface area contributed by atoms with Gasteiger partial charge in [-0.1, -0.05) is 17.3 Å². The molecule has 154 valence electrons. The van der Waals surface area contributed by atoms with Crippen molar-refractivity contribution in [3.63, 3.8) is 0 Å². The van der Waals surface area contributed by atoms with Crippen LogP contribution in [0.25, 0.3) is 0 Å². The second kappa shape index (κ2) is 11.0. The molecule has 9 heteroatoms. The van der Waals surface area contributed by atoms with Crippen LogP contribution in [0.15, 0.2) is 28.9 Å². The summed E-state index contributed by atoms with van der Waals surface area (Å²) in [4.78, 5) is 2.19. The molecule has 9 nitrogen and oxygen atoms in total. The molecule has 28 heavy (non-hydrogen) atoms. The van der Waals surface area contributed by atoms with Gasteiger partial charge in [-0.15, -0.1) is 0 Å². The molecular weight excluding hydrogens is 364 g/mol. The number of ether oxygens (including phenoxy) is 3. The Hall–Kier alpha value is -2.20. The number of hydrogen-bond acceptors (Lipinski definition) is 9. The monoisotopic (exact) mass is 392 g/mol. The lowest BCUT2D eigenvalue weighted by Gasteiger charge is -2.28. The van der Waals surface area contributed by atoms with E-state index >= 15 is 0 Å². The summed E-state index contributed by atoms with van der Waals surface area (Å²) < 4.78 is 21.1. The summed E-state index contributed by atoms with van der Waals surface area (Å²) in [5, 5.41) is 20.8. The van der Waals surface area contributed by atoms with Crippen LogP contribution in [0.3, 0.4) is 0 Å². The number of aromatic nitrogens is 2. The van der Waals surface area contributed by atoms with Gasteiger partial charge in [-0.3, -0.25) is 4.90 Å². The average Bonchev–Trinajstić information content (AvgIpc) is 3.12. The van der Waals surface area contributed by atoms with Crippen molar-refractivity contribution in [3.05, 3.63) is 35.5 Å². The first-order valence-electron chi connectivity index (χ1n) is 9.53. The number of benzene rings is 1. The summed E-state index contributed by atoms with van der Waals surface area (Å²) in [6, 6.07) is 7.84. The van der Waals surface area contributed by atoms with Crippen molar-refractivity contribution in [2.24, 2.45) is 0 Å². The SMILES string of the molecule is Cc1nonc1OCCNCc1cccc(OCC(O)CN2CCOCC2)c1. The first kappa shape index (κ1) is 20.5. The minimum atomic E-state index is -0.522. The molecular formula is C19H28N4O5. The van der Waals surface area contributed by atoms with Crippen LogP contribution in [0.2, 0.25) is 0 Å². The maximum atomic E-state index is 10.2. The number of morpholine rings is 1. The van der Waals surface area contributed by atoms with Gasteiger partial charge in [0.05, 0.1) is 13.2 Å². The van der Waals surface area contributed by atoms with Crippen molar-refractivity contribution in [3.8, 4) is 11.6 Å². The third kappa shape index (κ3) is 6.75. The molecule has 0 radical (unpaired) electrons. The molecule has 0 spiro atoms. The van der Waals surface area contributed by atoms with Crippen LogP contribution in [0.4, 0.5) is 0 Å². The number of aryl methyl sites for hydroxylation is 1. The zero-order valence-electron chi connectivity index (χ0n) is 16.2. The Morgan fingerprint density at radius 3 is 2.89 bits per heavy atom. The van der Waals surface area contributed by atoms with E-state index in [1.54, 1.807) is 6.92 Å². The van der Waals surface area contributed by atoms with Gasteiger partial charge in [0, 0.05) is 32.7 Å². The third-order valence-corrected chi connectivity index (χ3v) is 4.37. The van der Waals surface area contributed by atoms with E-state index in [0.717, 1.165) is 37.6 Å². The third-order valence-electron chi connectivity index (χ3n) is 4.37. The van der Waals surface area contributed by atoms with Crippen LogP contribution in [0.1, 0.15) is 11.3 Å². The summed E-state index contributed by atoms with van der Waals surface area (Å²) in [6.07, 6.45) is -0.522. The average molecular weight is 392 g/mol. The maximum absolute atomic E-state index is 10.2. The van der Waals surface area contributed by atoms with Gasteiger partial charge in [0.1, 0.15) is 30.8 Å². The Balaban J connectivity index is 1.33. The highest BCUT2D eigenvalue weighted by Gasteiger charge is 2.15. The lowest BCUT2D eigenvalue weighted by Crippen LogP contribution is -2.42. The van der Waals surface area contributed by atoms with Crippen LogP contribution < -0.4 is 14.8 Å². The van der Waals surface area contributed by atoms with Gasteiger partial charge in [0.2, 0.25) is 0 Å². The fraction of sp³-hybridized carbons (Fsp3) is 0.579. The second-order valence-electron chi connectivity index (χ2n) is 6.71. The van der Waals surface area contributed by atoms with E-state index in [1.807, 2.05) is 24.3 Å². The zero-order valence-corrected chi connectivity index (χ0v) is 16.2. The number of aliphatic hydroxyl groups excluding tert-OH is 1. The van der Waals surface area contributed by atoms with Crippen LogP contribution in [-0.4, -0.2) is 79.0 Å². The van der Waals surface area contributed by atoms with E-state index in [9.17, 15) is 5.11 Å². The van der Waals surface area contributed by atoms with E-state index in [1.165, 1.54) is 0 Å². The zero-order chi connectivity index (χ0) is 19.6. The second-order valence-corrected chi connectivity index (χ2v) is 6.71. The van der Waals surface area contributed by atoms with E-state index in [0.29, 0.717) is 37.8 Å². The topological polar surface area (TPSA) is 102 Å². The number of aliphatic hydroxyl groups is 1. The molecule has 1 aromatic heterocycles. The highest BCUT2D eigenvalue weighted by Crippen LogP contribution is 2.14. The first-order valence-corrected chi connectivity index (χ1v) is 9.53. The summed E-state index contributed by atoms with van der Waals surface area (Å²) in [7, 11) is 0. The van der Waals surface area contributed by atoms with Crippen molar-refractivity contribution in [2.75, 3.05) is 52.6 Å². The lowest BCUT2D eigenvalue weighted by atomic mass is 10.2. The molecule has 0 bridgehead atoms. The fourth-order valence-electron chi connectivity index (χ4n) is 2.88. The van der Waals surface area contributed by atoms with Gasteiger partial charge < -0.3 is 24.6 Å². The molecule has 2 N–H and O–H groups in total. The summed E-state index contributed by atoms with van der Waals surface area (Å²) in [6.45, 7) is 7.64. The van der Waals surface area contributed by atoms with Gasteiger partial charge in [-0.25, -0.2) is 4.63 Å². The quantitative estimate of drug-likeness (QED) is 0.533. The highest BCUT2D eigenvalue weighted by molar-refractivity contribution is 5.28. The molecule has 1 aromatic carbocycles. The summed E-state index contributed by atoms with van der Waals surface area (Å²) >= 11 is 0. The number of β-amino-alcohol motifs (C(OH)–C–C–N with tert-alkyl or cyclic N) is 1. The molecule has 1 atom stereocenters. The molecule has 0 aliphatic carbocycles. The molecule has 1 saturated heterocycles. The van der Waals surface area contributed by atoms with Gasteiger partial charge in [-0.05, 0) is 29.8 Å². The van der Waals surface area contributed by atoms with Gasteiger partial charge in [0.25, 0.3) is 5.88 Å². The number of rotatable bonds is 11. The normalized spacial score (nSPS) is 16.1.